The second-order valence-electron chi connectivity index (χ2n) is 4.09. The van der Waals surface area contributed by atoms with Gasteiger partial charge in [0.2, 0.25) is 5.60 Å². The summed E-state index contributed by atoms with van der Waals surface area (Å²) in [5, 5.41) is 55.4. The lowest BCUT2D eigenvalue weighted by molar-refractivity contribution is -0.187. The van der Waals surface area contributed by atoms with E-state index in [2.05, 4.69) is 0 Å². The van der Waals surface area contributed by atoms with Gasteiger partial charge in [0.15, 0.2) is 17.7 Å². The van der Waals surface area contributed by atoms with Gasteiger partial charge in [0.05, 0.1) is 0 Å². The third-order valence-corrected chi connectivity index (χ3v) is 2.75. The van der Waals surface area contributed by atoms with Crippen LogP contribution in [0.4, 0.5) is 0 Å². The van der Waals surface area contributed by atoms with Gasteiger partial charge in [-0.2, -0.15) is 0 Å². The summed E-state index contributed by atoms with van der Waals surface area (Å²) in [6, 6.07) is 0. The number of carbonyl (C=O) groups is 3. The highest BCUT2D eigenvalue weighted by Gasteiger charge is 2.51. The molecule has 0 saturated heterocycles. The Morgan fingerprint density at radius 1 is 0.895 bits per heavy atom. The number of hydrogen-bond acceptors (Lipinski definition) is 8. The van der Waals surface area contributed by atoms with Gasteiger partial charge in [-0.05, 0) is 13.8 Å². The first kappa shape index (κ1) is 17.6. The molecule has 0 unspecified atom stereocenters. The van der Waals surface area contributed by atoms with Crippen molar-refractivity contribution in [1.82, 2.24) is 0 Å². The summed E-state index contributed by atoms with van der Waals surface area (Å²) < 4.78 is 0. The van der Waals surface area contributed by atoms with Crippen molar-refractivity contribution in [2.75, 3.05) is 0 Å². The third-order valence-electron chi connectivity index (χ3n) is 2.75. The van der Waals surface area contributed by atoms with Crippen LogP contribution in [0.1, 0.15) is 13.8 Å². The van der Waals surface area contributed by atoms with Crippen LogP contribution in [0.3, 0.4) is 0 Å². The largest absolute Gasteiger partial charge is 0.479 e. The van der Waals surface area contributed by atoms with Crippen LogP contribution in [-0.4, -0.2) is 78.2 Å². The van der Waals surface area contributed by atoms with Crippen LogP contribution < -0.4 is 0 Å². The first-order chi connectivity index (χ1) is 8.47. The average molecular weight is 280 g/mol. The van der Waals surface area contributed by atoms with E-state index in [0.717, 1.165) is 13.8 Å². The number of carboxylic acid groups (broad SMARTS) is 1. The van der Waals surface area contributed by atoms with Crippen LogP contribution >= 0.6 is 0 Å². The average Bonchev–Trinajstić information content (AvgIpc) is 2.33. The molecule has 0 aliphatic carbocycles. The summed E-state index contributed by atoms with van der Waals surface area (Å²) in [7, 11) is 0. The smallest absolute Gasteiger partial charge is 0.335 e. The van der Waals surface area contributed by atoms with Crippen LogP contribution in [0.2, 0.25) is 0 Å². The summed E-state index contributed by atoms with van der Waals surface area (Å²) in [6.45, 7) is 1.52. The summed E-state index contributed by atoms with van der Waals surface area (Å²) >= 11 is 0. The van der Waals surface area contributed by atoms with Crippen LogP contribution in [0.15, 0.2) is 0 Å². The van der Waals surface area contributed by atoms with Crippen molar-refractivity contribution in [3.05, 3.63) is 0 Å². The number of carboxylic acids is 1. The van der Waals surface area contributed by atoms with E-state index >= 15 is 0 Å². The van der Waals surface area contributed by atoms with Gasteiger partial charge in [-0.3, -0.25) is 9.59 Å². The Morgan fingerprint density at radius 2 is 1.26 bits per heavy atom. The Balaban J connectivity index is 5.28. The van der Waals surface area contributed by atoms with E-state index in [1.165, 1.54) is 0 Å². The second-order valence-corrected chi connectivity index (χ2v) is 4.09. The lowest BCUT2D eigenvalue weighted by atomic mass is 9.83. The number of aliphatic carboxylic acids is 1. The SMILES string of the molecule is CC(=O)C(O)(C(C)=O)[C@@H](O)[C@@H](O)[C@H](O)[C@@H](O)C(=O)O. The molecule has 0 saturated carbocycles. The molecular formula is C10H16O9. The maximum absolute atomic E-state index is 11.2. The fourth-order valence-corrected chi connectivity index (χ4v) is 1.43. The van der Waals surface area contributed by atoms with E-state index in [-0.39, 0.29) is 0 Å². The number of rotatable bonds is 7. The predicted octanol–water partition coefficient (Wildman–Crippen LogP) is -3.58. The molecule has 0 fully saturated rings. The van der Waals surface area contributed by atoms with Crippen LogP contribution in [0.25, 0.3) is 0 Å². The van der Waals surface area contributed by atoms with Gasteiger partial charge in [0.1, 0.15) is 18.3 Å². The highest BCUT2D eigenvalue weighted by Crippen LogP contribution is 2.20. The topological polar surface area (TPSA) is 173 Å². The van der Waals surface area contributed by atoms with Crippen molar-refractivity contribution in [3.63, 3.8) is 0 Å². The van der Waals surface area contributed by atoms with Gasteiger partial charge in [-0.1, -0.05) is 0 Å². The van der Waals surface area contributed by atoms with E-state index in [4.69, 9.17) is 10.2 Å². The van der Waals surface area contributed by atoms with Gasteiger partial charge < -0.3 is 30.6 Å². The highest BCUT2D eigenvalue weighted by atomic mass is 16.4. The van der Waals surface area contributed by atoms with Gasteiger partial charge in [-0.25, -0.2) is 4.79 Å². The minimum atomic E-state index is -3.00. The minimum absolute atomic E-state index is 0.761. The lowest BCUT2D eigenvalue weighted by Gasteiger charge is -2.33. The van der Waals surface area contributed by atoms with Crippen molar-refractivity contribution in [3.8, 4) is 0 Å². The Morgan fingerprint density at radius 3 is 1.53 bits per heavy atom. The zero-order valence-corrected chi connectivity index (χ0v) is 10.2. The monoisotopic (exact) mass is 280 g/mol. The molecule has 0 aromatic rings. The number of Topliss-reactive ketones (excluding diaryl/α,β-unsaturated/α-hetero) is 2. The Kier molecular flexibility index (Phi) is 5.72. The molecule has 0 aliphatic heterocycles. The Labute approximate surface area is 107 Å². The molecule has 110 valence electrons. The molecule has 0 heterocycles. The standard InChI is InChI=1S/C10H16O9/c1-3(11)10(19,4(2)12)8(16)6(14)5(13)7(15)9(17)18/h5-8,13-16,19H,1-2H3,(H,17,18)/t5-,6-,7+,8-/m0/s1. The maximum Gasteiger partial charge on any atom is 0.335 e. The molecule has 19 heavy (non-hydrogen) atoms. The first-order valence-corrected chi connectivity index (χ1v) is 5.17. The Hall–Kier alpha value is -1.39. The fraction of sp³-hybridized carbons (Fsp3) is 0.700. The highest BCUT2D eigenvalue weighted by molar-refractivity contribution is 6.09. The predicted molar refractivity (Wildman–Crippen MR) is 58.0 cm³/mol. The van der Waals surface area contributed by atoms with Crippen LogP contribution in [-0.2, 0) is 14.4 Å². The maximum atomic E-state index is 11.2. The van der Waals surface area contributed by atoms with Crippen molar-refractivity contribution in [2.45, 2.75) is 43.9 Å². The third kappa shape index (κ3) is 3.33. The fourth-order valence-electron chi connectivity index (χ4n) is 1.43. The molecular weight excluding hydrogens is 264 g/mol. The minimum Gasteiger partial charge on any atom is -0.479 e. The number of aliphatic hydroxyl groups is 5. The molecule has 0 amide bonds. The van der Waals surface area contributed by atoms with Crippen molar-refractivity contribution in [2.24, 2.45) is 0 Å². The van der Waals surface area contributed by atoms with E-state index in [1.54, 1.807) is 0 Å². The molecule has 6 N–H and O–H groups in total. The van der Waals surface area contributed by atoms with E-state index < -0.39 is 47.6 Å². The molecule has 0 aromatic heterocycles. The number of hydrogen-bond donors (Lipinski definition) is 6. The summed E-state index contributed by atoms with van der Waals surface area (Å²) in [5.74, 6) is -4.31. The zero-order chi connectivity index (χ0) is 15.5. The Bertz CT molecular complexity index is 363. The van der Waals surface area contributed by atoms with Gasteiger partial charge in [0.25, 0.3) is 0 Å². The second kappa shape index (κ2) is 6.17. The van der Waals surface area contributed by atoms with E-state index in [9.17, 15) is 34.8 Å². The van der Waals surface area contributed by atoms with Gasteiger partial charge in [0, 0.05) is 0 Å². The molecule has 0 spiro atoms. The van der Waals surface area contributed by atoms with Crippen LogP contribution in [0, 0.1) is 0 Å². The van der Waals surface area contributed by atoms with Gasteiger partial charge >= 0.3 is 5.97 Å². The molecule has 9 heteroatoms. The van der Waals surface area contributed by atoms with Crippen molar-refractivity contribution < 1.29 is 45.0 Å². The van der Waals surface area contributed by atoms with Gasteiger partial charge in [-0.15, -0.1) is 0 Å². The first-order valence-electron chi connectivity index (χ1n) is 5.17. The lowest BCUT2D eigenvalue weighted by Crippen LogP contribution is -2.62. The van der Waals surface area contributed by atoms with Crippen molar-refractivity contribution in [1.29, 1.82) is 0 Å². The quantitative estimate of drug-likeness (QED) is 0.258. The summed E-state index contributed by atoms with van der Waals surface area (Å²) in [4.78, 5) is 32.7. The van der Waals surface area contributed by atoms with E-state index in [0.29, 0.717) is 0 Å². The molecule has 0 aromatic carbocycles. The number of ketones is 2. The molecule has 0 radical (unpaired) electrons. The normalized spacial score (nSPS) is 18.3. The van der Waals surface area contributed by atoms with Crippen molar-refractivity contribution >= 4 is 17.5 Å². The number of aliphatic hydroxyl groups excluding tert-OH is 4. The molecule has 0 aliphatic rings. The van der Waals surface area contributed by atoms with Crippen LogP contribution in [0.5, 0.6) is 0 Å². The molecule has 0 bridgehead atoms. The summed E-state index contributed by atoms with van der Waals surface area (Å²) in [5.41, 5.74) is -3.00. The molecule has 9 nitrogen and oxygen atoms in total. The zero-order valence-electron chi connectivity index (χ0n) is 10.2. The molecule has 4 atom stereocenters. The molecule has 0 rings (SSSR count). The summed E-state index contributed by atoms with van der Waals surface area (Å²) in [6.07, 6.45) is -9.79. The number of carbonyl (C=O) groups excluding carboxylic acids is 2. The van der Waals surface area contributed by atoms with E-state index in [1.807, 2.05) is 0 Å².